The Hall–Kier alpha value is -5.63. The molecule has 0 saturated heterocycles. The molecular formula is C39H35BF6N4O3. The van der Waals surface area contributed by atoms with E-state index in [1.165, 1.54) is 35.8 Å². The molecule has 14 heteroatoms. The molecule has 0 unspecified atom stereocenters. The highest BCUT2D eigenvalue weighted by Crippen LogP contribution is 2.32. The summed E-state index contributed by atoms with van der Waals surface area (Å²) in [6.45, 7) is 1.69. The topological polar surface area (TPSA) is 93.2 Å². The Morgan fingerprint density at radius 1 is 0.642 bits per heavy atom. The molecule has 2 aromatic heterocycles. The van der Waals surface area contributed by atoms with Gasteiger partial charge in [-0.1, -0.05) is 79.6 Å². The van der Waals surface area contributed by atoms with Crippen LogP contribution in [0.5, 0.6) is 0 Å². The number of hydrogen-bond acceptors (Lipinski definition) is 4. The van der Waals surface area contributed by atoms with Crippen LogP contribution in [0.4, 0.5) is 26.3 Å². The molecule has 7 nitrogen and oxygen atoms in total. The third-order valence-electron chi connectivity index (χ3n) is 7.90. The molecule has 0 amide bonds. The molecule has 0 bridgehead atoms. The molecule has 0 spiro atoms. The number of carbonyl (C=O) groups is 1. The summed E-state index contributed by atoms with van der Waals surface area (Å²) in [6, 6.07) is 25.5. The highest BCUT2D eigenvalue weighted by molar-refractivity contribution is 6.05. The van der Waals surface area contributed by atoms with Gasteiger partial charge in [0.15, 0.2) is 0 Å². The van der Waals surface area contributed by atoms with E-state index in [1.807, 2.05) is 54.7 Å². The SMILES string of the molecule is O=C(O)Cn1cc(-c2ccccc2Cc2ccc(C(F)(F)F)cc2)cn1.OCCn1cc(-c2ccccc2Cc2ccc(C(F)(F)F)cc2)cn1.[B]C. The second kappa shape index (κ2) is 18.2. The fraction of sp³-hybridized carbons (Fsp3) is 0.205. The first kappa shape index (κ1) is 40.2. The summed E-state index contributed by atoms with van der Waals surface area (Å²) in [7, 11) is 4.50. The van der Waals surface area contributed by atoms with Crippen LogP contribution in [0.15, 0.2) is 122 Å². The van der Waals surface area contributed by atoms with Crippen molar-refractivity contribution in [3.8, 4) is 22.3 Å². The molecule has 2 N–H and O–H groups in total. The van der Waals surface area contributed by atoms with Crippen molar-refractivity contribution in [1.29, 1.82) is 0 Å². The standard InChI is InChI=1S/C19H15F3N2O2.C19H17F3N2O.CH3B/c20-19(21,22)16-7-5-13(6-8-16)9-14-3-1-2-4-17(14)15-10-23-24(11-15)12-18(25)26;20-19(21,22)17-7-5-14(6-8-17)11-15-3-1-2-4-18(15)16-12-23-24(13-16)9-10-25;1-2/h1-8,10-11H,9,12H2,(H,25,26);1-8,12-13,25H,9-11H2;1H3. The fourth-order valence-electron chi connectivity index (χ4n) is 5.43. The van der Waals surface area contributed by atoms with Crippen LogP contribution in [0, 0.1) is 0 Å². The van der Waals surface area contributed by atoms with Gasteiger partial charge in [-0.25, -0.2) is 0 Å². The minimum absolute atomic E-state index is 0.00825. The Kier molecular flexibility index (Phi) is 13.8. The molecule has 6 aromatic rings. The van der Waals surface area contributed by atoms with Gasteiger partial charge in [0.2, 0.25) is 0 Å². The first-order chi connectivity index (χ1) is 25.3. The van der Waals surface area contributed by atoms with E-state index >= 15 is 0 Å². The minimum Gasteiger partial charge on any atom is -0.480 e. The lowest BCUT2D eigenvalue weighted by Crippen LogP contribution is -2.08. The number of hydrogen-bond donors (Lipinski definition) is 2. The number of carboxylic acids is 1. The van der Waals surface area contributed by atoms with Crippen LogP contribution in [0.3, 0.4) is 0 Å². The van der Waals surface area contributed by atoms with Crippen molar-refractivity contribution in [3.63, 3.8) is 0 Å². The number of carboxylic acid groups (broad SMARTS) is 1. The molecule has 6 rings (SSSR count). The maximum Gasteiger partial charge on any atom is 0.416 e. The summed E-state index contributed by atoms with van der Waals surface area (Å²) < 4.78 is 79.0. The molecule has 274 valence electrons. The van der Waals surface area contributed by atoms with Gasteiger partial charge < -0.3 is 10.2 Å². The Morgan fingerprint density at radius 2 is 1.04 bits per heavy atom. The smallest absolute Gasteiger partial charge is 0.416 e. The molecule has 2 heterocycles. The van der Waals surface area contributed by atoms with Gasteiger partial charge in [-0.05, 0) is 70.5 Å². The highest BCUT2D eigenvalue weighted by atomic mass is 19.4. The van der Waals surface area contributed by atoms with Gasteiger partial charge in [0, 0.05) is 23.5 Å². The van der Waals surface area contributed by atoms with Crippen molar-refractivity contribution in [2.75, 3.05) is 6.61 Å². The second-order valence-electron chi connectivity index (χ2n) is 11.6. The average molecular weight is 733 g/mol. The van der Waals surface area contributed by atoms with Gasteiger partial charge in [-0.3, -0.25) is 14.2 Å². The van der Waals surface area contributed by atoms with Gasteiger partial charge >= 0.3 is 18.3 Å². The predicted octanol–water partition coefficient (Wildman–Crippen LogP) is 8.60. The Bertz CT molecular complexity index is 2060. The number of aliphatic hydroxyl groups is 1. The van der Waals surface area contributed by atoms with Gasteiger partial charge in [-0.2, -0.15) is 36.5 Å². The molecule has 0 aliphatic heterocycles. The van der Waals surface area contributed by atoms with Crippen LogP contribution < -0.4 is 0 Å². The second-order valence-corrected chi connectivity index (χ2v) is 11.6. The lowest BCUT2D eigenvalue weighted by molar-refractivity contribution is -0.138. The van der Waals surface area contributed by atoms with Crippen LogP contribution in [-0.2, 0) is 43.1 Å². The zero-order valence-corrected chi connectivity index (χ0v) is 28.5. The van der Waals surface area contributed by atoms with Crippen molar-refractivity contribution in [2.24, 2.45) is 0 Å². The maximum absolute atomic E-state index is 12.7. The van der Waals surface area contributed by atoms with Crippen LogP contribution in [0.25, 0.3) is 22.3 Å². The lowest BCUT2D eigenvalue weighted by atomic mass is 9.96. The lowest BCUT2D eigenvalue weighted by Gasteiger charge is -2.10. The van der Waals surface area contributed by atoms with E-state index in [0.29, 0.717) is 19.4 Å². The van der Waals surface area contributed by atoms with Gasteiger partial charge in [0.1, 0.15) is 6.54 Å². The zero-order chi connectivity index (χ0) is 38.6. The van der Waals surface area contributed by atoms with Crippen LogP contribution in [-0.4, -0.2) is 50.2 Å². The Morgan fingerprint density at radius 3 is 1.43 bits per heavy atom. The first-order valence-corrected chi connectivity index (χ1v) is 16.2. The molecule has 0 fully saturated rings. The number of nitrogens with zero attached hydrogens (tertiary/aromatic N) is 4. The molecule has 0 aliphatic rings. The van der Waals surface area contributed by atoms with Gasteiger partial charge in [-0.15, -0.1) is 0 Å². The molecule has 0 saturated carbocycles. The number of aliphatic hydroxyl groups excluding tert-OH is 1. The van der Waals surface area contributed by atoms with E-state index in [-0.39, 0.29) is 13.2 Å². The van der Waals surface area contributed by atoms with E-state index in [2.05, 4.69) is 18.0 Å². The van der Waals surface area contributed by atoms with Crippen molar-refractivity contribution < 1.29 is 41.4 Å². The van der Waals surface area contributed by atoms with Crippen LogP contribution in [0.1, 0.15) is 33.4 Å². The average Bonchev–Trinajstić information content (AvgIpc) is 3.79. The van der Waals surface area contributed by atoms with Crippen molar-refractivity contribution in [2.45, 2.75) is 45.1 Å². The number of alkyl halides is 6. The third-order valence-corrected chi connectivity index (χ3v) is 7.90. The molecule has 2 radical (unpaired) electrons. The predicted molar refractivity (Wildman–Crippen MR) is 190 cm³/mol. The van der Waals surface area contributed by atoms with Crippen LogP contribution >= 0.6 is 0 Å². The van der Waals surface area contributed by atoms with Crippen molar-refractivity contribution in [3.05, 3.63) is 155 Å². The number of benzene rings is 4. The maximum atomic E-state index is 12.7. The molecule has 4 aromatic carbocycles. The zero-order valence-electron chi connectivity index (χ0n) is 28.5. The van der Waals surface area contributed by atoms with Crippen LogP contribution in [0.2, 0.25) is 6.82 Å². The normalized spacial score (nSPS) is 11.2. The van der Waals surface area contributed by atoms with Gasteiger partial charge in [0.25, 0.3) is 0 Å². The fourth-order valence-corrected chi connectivity index (χ4v) is 5.43. The van der Waals surface area contributed by atoms with E-state index in [9.17, 15) is 31.1 Å². The number of aromatic nitrogens is 4. The summed E-state index contributed by atoms with van der Waals surface area (Å²) in [6.07, 6.45) is -0.901. The van der Waals surface area contributed by atoms with E-state index < -0.39 is 29.4 Å². The Labute approximate surface area is 303 Å². The molecule has 0 aliphatic carbocycles. The van der Waals surface area contributed by atoms with Crippen molar-refractivity contribution in [1.82, 2.24) is 19.6 Å². The molecular weight excluding hydrogens is 697 g/mol. The molecule has 53 heavy (non-hydrogen) atoms. The summed E-state index contributed by atoms with van der Waals surface area (Å²) in [5.41, 5.74) is 5.68. The largest absolute Gasteiger partial charge is 0.480 e. The number of rotatable bonds is 10. The quantitative estimate of drug-likeness (QED) is 0.109. The van der Waals surface area contributed by atoms with Crippen molar-refractivity contribution >= 4 is 13.8 Å². The third kappa shape index (κ3) is 11.4. The summed E-state index contributed by atoms with van der Waals surface area (Å²) >= 11 is 0. The molecule has 0 atom stereocenters. The monoisotopic (exact) mass is 732 g/mol. The van der Waals surface area contributed by atoms with E-state index in [4.69, 9.17) is 10.2 Å². The number of aliphatic carboxylic acids is 1. The minimum atomic E-state index is -4.35. The first-order valence-electron chi connectivity index (χ1n) is 16.2. The summed E-state index contributed by atoms with van der Waals surface area (Å²) in [4.78, 5) is 10.8. The van der Waals surface area contributed by atoms with Gasteiger partial charge in [0.05, 0.1) is 44.5 Å². The van der Waals surface area contributed by atoms with E-state index in [1.54, 1.807) is 23.3 Å². The summed E-state index contributed by atoms with van der Waals surface area (Å²) in [5, 5.41) is 26.1. The highest BCUT2D eigenvalue weighted by Gasteiger charge is 2.30. The number of halogens is 6. The Balaban J connectivity index is 0.000000226. The van der Waals surface area contributed by atoms with E-state index in [0.717, 1.165) is 68.8 Å². The summed E-state index contributed by atoms with van der Waals surface area (Å²) in [5.74, 6) is -0.988.